The van der Waals surface area contributed by atoms with E-state index in [1.807, 2.05) is 4.90 Å². The zero-order valence-corrected chi connectivity index (χ0v) is 15.1. The topological polar surface area (TPSA) is 81.8 Å². The number of rotatable bonds is 4. The Morgan fingerprint density at radius 2 is 1.96 bits per heavy atom. The maximum Gasteiger partial charge on any atom is 0.321 e. The molecule has 1 aliphatic rings. The number of amides is 4. The van der Waals surface area contributed by atoms with Crippen LogP contribution >= 0.6 is 0 Å². The second-order valence-electron chi connectivity index (χ2n) is 6.22. The van der Waals surface area contributed by atoms with Crippen molar-refractivity contribution in [3.8, 4) is 0 Å². The number of nitrogens with one attached hydrogen (secondary N) is 2. The summed E-state index contributed by atoms with van der Waals surface area (Å²) in [5.74, 6) is -1.03. The van der Waals surface area contributed by atoms with Crippen LogP contribution in [-0.4, -0.2) is 66.4 Å². The van der Waals surface area contributed by atoms with Gasteiger partial charge in [-0.1, -0.05) is 6.07 Å². The van der Waals surface area contributed by atoms with Crippen molar-refractivity contribution in [2.75, 3.05) is 32.7 Å². The molecule has 1 aromatic rings. The van der Waals surface area contributed by atoms with Gasteiger partial charge in [-0.05, 0) is 38.5 Å². The fourth-order valence-corrected chi connectivity index (χ4v) is 2.92. The van der Waals surface area contributed by atoms with E-state index in [-0.39, 0.29) is 11.8 Å². The summed E-state index contributed by atoms with van der Waals surface area (Å²) in [5, 5.41) is 4.83. The van der Waals surface area contributed by atoms with E-state index in [4.69, 9.17) is 0 Å². The molecule has 1 saturated heterocycles. The quantitative estimate of drug-likeness (QED) is 0.841. The molecule has 1 aliphatic heterocycles. The lowest BCUT2D eigenvalue weighted by Crippen LogP contribution is -2.50. The van der Waals surface area contributed by atoms with E-state index in [1.165, 1.54) is 18.2 Å². The third-order valence-corrected chi connectivity index (χ3v) is 4.39. The Kier molecular flexibility index (Phi) is 7.08. The number of carbonyl (C=O) groups is 3. The summed E-state index contributed by atoms with van der Waals surface area (Å²) in [4.78, 5) is 39.8. The molecule has 8 heteroatoms. The van der Waals surface area contributed by atoms with Crippen molar-refractivity contribution in [1.82, 2.24) is 20.4 Å². The molecule has 2 N–H and O–H groups in total. The Morgan fingerprint density at radius 1 is 1.19 bits per heavy atom. The lowest BCUT2D eigenvalue weighted by Gasteiger charge is -2.26. The molecule has 0 bridgehead atoms. The van der Waals surface area contributed by atoms with Crippen molar-refractivity contribution in [2.24, 2.45) is 0 Å². The molecule has 2 rings (SSSR count). The van der Waals surface area contributed by atoms with Gasteiger partial charge in [-0.15, -0.1) is 0 Å². The van der Waals surface area contributed by atoms with Crippen molar-refractivity contribution in [3.05, 3.63) is 35.6 Å². The Hall–Kier alpha value is -2.48. The van der Waals surface area contributed by atoms with Crippen LogP contribution in [-0.2, 0) is 4.79 Å². The highest BCUT2D eigenvalue weighted by molar-refractivity contribution is 5.97. The summed E-state index contributed by atoms with van der Waals surface area (Å²) in [6.45, 7) is 6.06. The highest BCUT2D eigenvalue weighted by Gasteiger charge is 2.27. The summed E-state index contributed by atoms with van der Waals surface area (Å²) in [7, 11) is 0. The van der Waals surface area contributed by atoms with E-state index in [0.717, 1.165) is 0 Å². The van der Waals surface area contributed by atoms with Crippen LogP contribution in [0.2, 0.25) is 0 Å². The first-order valence-corrected chi connectivity index (χ1v) is 8.80. The third kappa shape index (κ3) is 5.26. The molecule has 1 atom stereocenters. The number of halogens is 1. The molecule has 0 radical (unpaired) electrons. The summed E-state index contributed by atoms with van der Waals surface area (Å²) in [6, 6.07) is 4.64. The molecule has 0 saturated carbocycles. The van der Waals surface area contributed by atoms with Gasteiger partial charge in [0.1, 0.15) is 5.82 Å². The molecule has 0 aromatic heterocycles. The summed E-state index contributed by atoms with van der Waals surface area (Å²) in [5.41, 5.74) is 0.320. The van der Waals surface area contributed by atoms with Gasteiger partial charge in [0.25, 0.3) is 5.91 Å². The molecule has 1 fully saturated rings. The molecule has 142 valence electrons. The van der Waals surface area contributed by atoms with Gasteiger partial charge in [0.15, 0.2) is 0 Å². The normalized spacial score (nSPS) is 16.5. The van der Waals surface area contributed by atoms with Crippen molar-refractivity contribution in [2.45, 2.75) is 26.3 Å². The van der Waals surface area contributed by atoms with Crippen molar-refractivity contribution in [1.29, 1.82) is 0 Å². The zero-order chi connectivity index (χ0) is 19.1. The van der Waals surface area contributed by atoms with Gasteiger partial charge in [-0.2, -0.15) is 0 Å². The Bertz CT molecular complexity index is 668. The van der Waals surface area contributed by atoms with Gasteiger partial charge < -0.3 is 10.2 Å². The standard InChI is InChI=1S/C18H25FN4O3/c1-3-20-18(26)21-16(24)13(2)22-8-5-9-23(11-10-22)17(25)14-6-4-7-15(19)12-14/h4,6-7,12-13H,3,5,8-11H2,1-2H3,(H2,20,21,24,26). The molecular formula is C18H25FN4O3. The fourth-order valence-electron chi connectivity index (χ4n) is 2.92. The monoisotopic (exact) mass is 364 g/mol. The van der Waals surface area contributed by atoms with Crippen LogP contribution in [0.15, 0.2) is 24.3 Å². The lowest BCUT2D eigenvalue weighted by molar-refractivity contribution is -0.124. The zero-order valence-electron chi connectivity index (χ0n) is 15.1. The van der Waals surface area contributed by atoms with E-state index in [9.17, 15) is 18.8 Å². The Balaban J connectivity index is 1.93. The molecule has 7 nitrogen and oxygen atoms in total. The largest absolute Gasteiger partial charge is 0.338 e. The molecule has 4 amide bonds. The minimum Gasteiger partial charge on any atom is -0.338 e. The highest BCUT2D eigenvalue weighted by atomic mass is 19.1. The first-order valence-electron chi connectivity index (χ1n) is 8.80. The highest BCUT2D eigenvalue weighted by Crippen LogP contribution is 2.12. The van der Waals surface area contributed by atoms with Gasteiger partial charge in [0.05, 0.1) is 6.04 Å². The number of carbonyl (C=O) groups excluding carboxylic acids is 3. The van der Waals surface area contributed by atoms with E-state index in [0.29, 0.717) is 44.7 Å². The number of hydrogen-bond donors (Lipinski definition) is 2. The minimum absolute atomic E-state index is 0.217. The van der Waals surface area contributed by atoms with Crippen LogP contribution in [0.5, 0.6) is 0 Å². The van der Waals surface area contributed by atoms with E-state index < -0.39 is 17.9 Å². The second kappa shape index (κ2) is 9.28. The molecule has 1 unspecified atom stereocenters. The summed E-state index contributed by atoms with van der Waals surface area (Å²) < 4.78 is 13.3. The van der Waals surface area contributed by atoms with Crippen molar-refractivity contribution in [3.63, 3.8) is 0 Å². The van der Waals surface area contributed by atoms with Crippen LogP contribution in [0.4, 0.5) is 9.18 Å². The summed E-state index contributed by atoms with van der Waals surface area (Å²) >= 11 is 0. The van der Waals surface area contributed by atoms with E-state index in [1.54, 1.807) is 24.8 Å². The van der Waals surface area contributed by atoms with Gasteiger partial charge >= 0.3 is 6.03 Å². The number of benzene rings is 1. The predicted octanol–water partition coefficient (Wildman–Crippen LogP) is 1.21. The van der Waals surface area contributed by atoms with Crippen LogP contribution in [0.3, 0.4) is 0 Å². The van der Waals surface area contributed by atoms with Gasteiger partial charge in [-0.3, -0.25) is 19.8 Å². The Labute approximate surface area is 152 Å². The van der Waals surface area contributed by atoms with Crippen molar-refractivity contribution < 1.29 is 18.8 Å². The molecular weight excluding hydrogens is 339 g/mol. The number of hydrogen-bond acceptors (Lipinski definition) is 4. The molecule has 26 heavy (non-hydrogen) atoms. The number of nitrogens with zero attached hydrogens (tertiary/aromatic N) is 2. The van der Waals surface area contributed by atoms with Crippen LogP contribution in [0.1, 0.15) is 30.6 Å². The van der Waals surface area contributed by atoms with Gasteiger partial charge in [0, 0.05) is 38.3 Å². The fraction of sp³-hybridized carbons (Fsp3) is 0.500. The second-order valence-corrected chi connectivity index (χ2v) is 6.22. The maximum atomic E-state index is 13.3. The third-order valence-electron chi connectivity index (χ3n) is 4.39. The molecule has 1 aromatic carbocycles. The van der Waals surface area contributed by atoms with Gasteiger partial charge in [-0.25, -0.2) is 9.18 Å². The van der Waals surface area contributed by atoms with Crippen molar-refractivity contribution >= 4 is 17.8 Å². The van der Waals surface area contributed by atoms with E-state index >= 15 is 0 Å². The van der Waals surface area contributed by atoms with Crippen LogP contribution in [0.25, 0.3) is 0 Å². The van der Waals surface area contributed by atoms with Crippen LogP contribution < -0.4 is 10.6 Å². The average Bonchev–Trinajstić information content (AvgIpc) is 2.86. The van der Waals surface area contributed by atoms with Crippen LogP contribution in [0, 0.1) is 5.82 Å². The predicted molar refractivity (Wildman–Crippen MR) is 95.2 cm³/mol. The lowest BCUT2D eigenvalue weighted by atomic mass is 10.2. The Morgan fingerprint density at radius 3 is 2.65 bits per heavy atom. The first kappa shape index (κ1) is 19.8. The molecule has 0 aliphatic carbocycles. The number of imide groups is 1. The molecule has 0 spiro atoms. The SMILES string of the molecule is CCNC(=O)NC(=O)C(C)N1CCCN(C(=O)c2cccc(F)c2)CC1. The maximum absolute atomic E-state index is 13.3. The summed E-state index contributed by atoms with van der Waals surface area (Å²) in [6.07, 6.45) is 0.694. The van der Waals surface area contributed by atoms with Gasteiger partial charge in [0.2, 0.25) is 5.91 Å². The number of urea groups is 1. The van der Waals surface area contributed by atoms with E-state index in [2.05, 4.69) is 10.6 Å². The first-order chi connectivity index (χ1) is 12.4. The average molecular weight is 364 g/mol. The minimum atomic E-state index is -0.512. The smallest absolute Gasteiger partial charge is 0.321 e. The molecule has 1 heterocycles.